The van der Waals surface area contributed by atoms with Crippen LogP contribution in [0.1, 0.15) is 29.2 Å². The van der Waals surface area contributed by atoms with Crippen molar-refractivity contribution in [2.45, 2.75) is 31.8 Å². The first-order valence-corrected chi connectivity index (χ1v) is 10.5. The van der Waals surface area contributed by atoms with Gasteiger partial charge in [0.1, 0.15) is 11.6 Å². The molecule has 0 radical (unpaired) electrons. The number of hydrazine groups is 1. The summed E-state index contributed by atoms with van der Waals surface area (Å²) in [5.74, 6) is -0.837. The van der Waals surface area contributed by atoms with Crippen LogP contribution in [0.4, 0.5) is 4.39 Å². The van der Waals surface area contributed by atoms with Crippen molar-refractivity contribution in [3.8, 4) is 17.6 Å². The molecule has 1 amide bonds. The van der Waals surface area contributed by atoms with Gasteiger partial charge in [0, 0.05) is 17.6 Å². The highest BCUT2D eigenvalue weighted by molar-refractivity contribution is 6.30. The summed E-state index contributed by atoms with van der Waals surface area (Å²) in [5.41, 5.74) is 6.48. The van der Waals surface area contributed by atoms with Crippen LogP contribution < -0.4 is 21.1 Å². The molecule has 168 valence electrons. The van der Waals surface area contributed by atoms with Crippen molar-refractivity contribution in [1.82, 2.24) is 20.4 Å². The van der Waals surface area contributed by atoms with E-state index in [0.717, 1.165) is 0 Å². The molecular formula is C23H19ClFN5O3. The lowest BCUT2D eigenvalue weighted by atomic mass is 9.90. The van der Waals surface area contributed by atoms with E-state index < -0.39 is 11.5 Å². The van der Waals surface area contributed by atoms with E-state index in [9.17, 15) is 14.0 Å². The molecule has 10 heteroatoms. The maximum Gasteiger partial charge on any atom is 0.296 e. The van der Waals surface area contributed by atoms with Gasteiger partial charge in [0.05, 0.1) is 29.6 Å². The second-order valence-electron chi connectivity index (χ2n) is 7.68. The average molecular weight is 468 g/mol. The number of nitrogens with zero attached hydrogens (tertiary/aromatic N) is 3. The Balaban J connectivity index is 1.56. The predicted molar refractivity (Wildman–Crippen MR) is 118 cm³/mol. The Labute approximate surface area is 193 Å². The fraction of sp³-hybridized carbons (Fsp3) is 0.217. The van der Waals surface area contributed by atoms with Gasteiger partial charge in [0.2, 0.25) is 11.7 Å². The number of hydrogen-bond acceptors (Lipinski definition) is 6. The molecule has 2 N–H and O–H groups in total. The number of ether oxygens (including phenoxy) is 1. The van der Waals surface area contributed by atoms with Crippen molar-refractivity contribution in [3.05, 3.63) is 86.8 Å². The van der Waals surface area contributed by atoms with Crippen LogP contribution in [-0.4, -0.2) is 21.5 Å². The minimum atomic E-state index is -0.488. The maximum atomic E-state index is 13.3. The summed E-state index contributed by atoms with van der Waals surface area (Å²) >= 11 is 6.03. The molecule has 0 aliphatic carbocycles. The van der Waals surface area contributed by atoms with Crippen LogP contribution in [0.15, 0.2) is 53.6 Å². The second-order valence-corrected chi connectivity index (χ2v) is 8.11. The first-order chi connectivity index (χ1) is 15.8. The number of carbonyl (C=O) groups is 1. The molecule has 0 spiro atoms. The summed E-state index contributed by atoms with van der Waals surface area (Å²) in [6.07, 6.45) is 1.81. The molecule has 1 saturated heterocycles. The van der Waals surface area contributed by atoms with E-state index in [1.807, 2.05) is 6.07 Å². The number of rotatable bonds is 5. The van der Waals surface area contributed by atoms with Crippen molar-refractivity contribution < 1.29 is 13.9 Å². The highest BCUT2D eigenvalue weighted by Crippen LogP contribution is 2.27. The van der Waals surface area contributed by atoms with Crippen LogP contribution in [0, 0.1) is 24.1 Å². The summed E-state index contributed by atoms with van der Waals surface area (Å²) in [7, 11) is 0. The Hall–Kier alpha value is -3.74. The zero-order chi connectivity index (χ0) is 23.5. The standard InChI is InChI=1S/C23H19ClFN5O3/c1-13-21(33-19-7-14(10-26)6-16(24)8-19)23(32)30(12-27-13)11-18-9-20(22(31)29-28-18)15-2-4-17(25)5-3-15/h2-8,12,18,20,28H,9,11H2,1H3,(H,29,31). The molecule has 8 nitrogen and oxygen atoms in total. The fourth-order valence-corrected chi connectivity index (χ4v) is 3.88. The largest absolute Gasteiger partial charge is 0.450 e. The van der Waals surface area contributed by atoms with Crippen molar-refractivity contribution in [2.75, 3.05) is 0 Å². The molecule has 0 bridgehead atoms. The topological polar surface area (TPSA) is 109 Å². The van der Waals surface area contributed by atoms with Crippen molar-refractivity contribution in [1.29, 1.82) is 5.26 Å². The molecular weight excluding hydrogens is 449 g/mol. The summed E-state index contributed by atoms with van der Waals surface area (Å²) in [5, 5.41) is 9.43. The van der Waals surface area contributed by atoms with E-state index in [2.05, 4.69) is 15.8 Å². The van der Waals surface area contributed by atoms with Crippen LogP contribution in [0.25, 0.3) is 0 Å². The first kappa shape index (κ1) is 22.5. The third kappa shape index (κ3) is 5.03. The Morgan fingerprint density at radius 1 is 1.27 bits per heavy atom. The molecule has 2 unspecified atom stereocenters. The highest BCUT2D eigenvalue weighted by Gasteiger charge is 2.30. The lowest BCUT2D eigenvalue weighted by molar-refractivity contribution is -0.126. The van der Waals surface area contributed by atoms with Gasteiger partial charge in [-0.2, -0.15) is 5.26 Å². The number of hydrogen-bond donors (Lipinski definition) is 2. The molecule has 3 aromatic rings. The SMILES string of the molecule is Cc1ncn(CC2CC(c3ccc(F)cc3)C(=O)NN2)c(=O)c1Oc1cc(Cl)cc(C#N)c1. The van der Waals surface area contributed by atoms with Gasteiger partial charge in [0.25, 0.3) is 5.56 Å². The second kappa shape index (κ2) is 9.40. The molecule has 2 heterocycles. The number of aromatic nitrogens is 2. The summed E-state index contributed by atoms with van der Waals surface area (Å²) in [4.78, 5) is 29.7. The minimum absolute atomic E-state index is 0.0126. The van der Waals surface area contributed by atoms with Gasteiger partial charge >= 0.3 is 0 Å². The molecule has 4 rings (SSSR count). The van der Waals surface area contributed by atoms with Crippen LogP contribution in [-0.2, 0) is 11.3 Å². The Morgan fingerprint density at radius 3 is 2.76 bits per heavy atom. The highest BCUT2D eigenvalue weighted by atomic mass is 35.5. The Kier molecular flexibility index (Phi) is 6.40. The van der Waals surface area contributed by atoms with E-state index in [4.69, 9.17) is 21.6 Å². The maximum absolute atomic E-state index is 13.3. The smallest absolute Gasteiger partial charge is 0.296 e. The van der Waals surface area contributed by atoms with E-state index in [1.54, 1.807) is 19.1 Å². The van der Waals surface area contributed by atoms with E-state index in [0.29, 0.717) is 28.3 Å². The minimum Gasteiger partial charge on any atom is -0.450 e. The van der Waals surface area contributed by atoms with Gasteiger partial charge < -0.3 is 4.74 Å². The van der Waals surface area contributed by atoms with Crippen LogP contribution in [0.3, 0.4) is 0 Å². The van der Waals surface area contributed by atoms with Gasteiger partial charge in [0.15, 0.2) is 0 Å². The normalized spacial score (nSPS) is 17.8. The number of aryl methyl sites for hydroxylation is 1. The first-order valence-electron chi connectivity index (χ1n) is 10.1. The zero-order valence-electron chi connectivity index (χ0n) is 17.5. The predicted octanol–water partition coefficient (Wildman–Crippen LogP) is 3.19. The Morgan fingerprint density at radius 2 is 2.03 bits per heavy atom. The van der Waals surface area contributed by atoms with Gasteiger partial charge in [-0.15, -0.1) is 0 Å². The number of nitriles is 1. The van der Waals surface area contributed by atoms with E-state index in [-0.39, 0.29) is 35.8 Å². The Bertz CT molecular complexity index is 1300. The zero-order valence-corrected chi connectivity index (χ0v) is 18.3. The molecule has 1 aliphatic rings. The van der Waals surface area contributed by atoms with Crippen LogP contribution >= 0.6 is 11.6 Å². The van der Waals surface area contributed by atoms with Gasteiger partial charge in [-0.3, -0.25) is 19.6 Å². The average Bonchev–Trinajstić information content (AvgIpc) is 2.80. The van der Waals surface area contributed by atoms with Gasteiger partial charge in [-0.25, -0.2) is 14.8 Å². The lowest BCUT2D eigenvalue weighted by Crippen LogP contribution is -2.54. The molecule has 2 atom stereocenters. The van der Waals surface area contributed by atoms with Crippen molar-refractivity contribution in [2.24, 2.45) is 0 Å². The molecule has 0 saturated carbocycles. The third-order valence-corrected chi connectivity index (χ3v) is 5.54. The van der Waals surface area contributed by atoms with Gasteiger partial charge in [-0.05, 0) is 49.2 Å². The molecule has 1 fully saturated rings. The van der Waals surface area contributed by atoms with Crippen LogP contribution in [0.5, 0.6) is 11.5 Å². The fourth-order valence-electron chi connectivity index (χ4n) is 3.66. The molecule has 1 aromatic heterocycles. The van der Waals surface area contributed by atoms with E-state index in [1.165, 1.54) is 41.2 Å². The lowest BCUT2D eigenvalue weighted by Gasteiger charge is -2.30. The number of nitrogens with one attached hydrogen (secondary N) is 2. The number of carbonyl (C=O) groups excluding carboxylic acids is 1. The summed E-state index contributed by atoms with van der Waals surface area (Å²) in [6.45, 7) is 1.85. The van der Waals surface area contributed by atoms with E-state index >= 15 is 0 Å². The number of benzene rings is 2. The number of halogens is 2. The van der Waals surface area contributed by atoms with Crippen LogP contribution in [0.2, 0.25) is 5.02 Å². The molecule has 33 heavy (non-hydrogen) atoms. The molecule has 2 aromatic carbocycles. The van der Waals surface area contributed by atoms with Crippen molar-refractivity contribution in [3.63, 3.8) is 0 Å². The number of amides is 1. The van der Waals surface area contributed by atoms with Gasteiger partial charge in [-0.1, -0.05) is 23.7 Å². The summed E-state index contributed by atoms with van der Waals surface area (Å²) in [6, 6.07) is 11.9. The monoisotopic (exact) mass is 467 g/mol. The third-order valence-electron chi connectivity index (χ3n) is 5.32. The quantitative estimate of drug-likeness (QED) is 0.596. The summed E-state index contributed by atoms with van der Waals surface area (Å²) < 4.78 is 20.4. The molecule has 1 aliphatic heterocycles. The van der Waals surface area contributed by atoms with Crippen molar-refractivity contribution >= 4 is 17.5 Å².